The minimum atomic E-state index is 0.315. The van der Waals surface area contributed by atoms with Gasteiger partial charge in [-0.25, -0.2) is 0 Å². The molecule has 0 spiro atoms. The lowest BCUT2D eigenvalue weighted by atomic mass is 10.1. The molecule has 0 N–H and O–H groups in total. The average Bonchev–Trinajstić information content (AvgIpc) is 2.15. The predicted octanol–water partition coefficient (Wildman–Crippen LogP) is 2.59. The van der Waals surface area contributed by atoms with E-state index >= 15 is 0 Å². The Kier molecular flexibility index (Phi) is 5.16. The number of hydrogen-bond donors (Lipinski definition) is 0. The summed E-state index contributed by atoms with van der Waals surface area (Å²) in [6, 6.07) is 0. The first-order chi connectivity index (χ1) is 5.84. The van der Waals surface area contributed by atoms with Crippen molar-refractivity contribution in [3.63, 3.8) is 0 Å². The van der Waals surface area contributed by atoms with Gasteiger partial charge in [0.25, 0.3) is 0 Å². The Hall–Kier alpha value is 0.370. The first kappa shape index (κ1) is 10.5. The zero-order valence-electron chi connectivity index (χ0n) is 7.54. The molecule has 1 fully saturated rings. The molecule has 1 aliphatic rings. The first-order valence-corrected chi connectivity index (χ1v) is 6.77. The summed E-state index contributed by atoms with van der Waals surface area (Å²) in [6.07, 6.45) is 3.01. The van der Waals surface area contributed by atoms with Crippen molar-refractivity contribution in [2.75, 3.05) is 17.3 Å². The van der Waals surface area contributed by atoms with Gasteiger partial charge in [0.2, 0.25) is 0 Å². The molecule has 1 saturated heterocycles. The average molecular weight is 204 g/mol. The van der Waals surface area contributed by atoms with Crippen LogP contribution in [0.25, 0.3) is 0 Å². The minimum absolute atomic E-state index is 0.315. The van der Waals surface area contributed by atoms with Gasteiger partial charge in [0.15, 0.2) is 0 Å². The van der Waals surface area contributed by atoms with Crippen LogP contribution >= 0.6 is 23.5 Å². The maximum atomic E-state index is 11.5. The van der Waals surface area contributed by atoms with E-state index in [1.54, 1.807) is 0 Å². The van der Waals surface area contributed by atoms with Crippen molar-refractivity contribution in [2.24, 2.45) is 0 Å². The van der Waals surface area contributed by atoms with Crippen LogP contribution in [0.4, 0.5) is 0 Å². The van der Waals surface area contributed by atoms with Gasteiger partial charge in [-0.2, -0.15) is 11.8 Å². The van der Waals surface area contributed by atoms with Crippen LogP contribution in [0.1, 0.15) is 26.2 Å². The number of unbranched alkanes of at least 4 members (excludes halogenated alkanes) is 1. The lowest BCUT2D eigenvalue weighted by molar-refractivity contribution is -0.118. The number of carbonyl (C=O) groups is 1. The molecule has 0 saturated carbocycles. The van der Waals surface area contributed by atoms with Crippen molar-refractivity contribution >= 4 is 29.3 Å². The highest BCUT2D eigenvalue weighted by atomic mass is 32.2. The van der Waals surface area contributed by atoms with Gasteiger partial charge in [-0.3, -0.25) is 4.79 Å². The molecule has 1 heterocycles. The number of ketones is 1. The van der Waals surface area contributed by atoms with Crippen molar-refractivity contribution in [2.45, 2.75) is 31.4 Å². The topological polar surface area (TPSA) is 17.1 Å². The van der Waals surface area contributed by atoms with E-state index in [-0.39, 0.29) is 0 Å². The summed E-state index contributed by atoms with van der Waals surface area (Å²) in [5.41, 5.74) is 0. The summed E-state index contributed by atoms with van der Waals surface area (Å²) in [5.74, 6) is 3.91. The third-order valence-electron chi connectivity index (χ3n) is 1.95. The number of Topliss-reactive ketones (excluding diaryl/α,β-unsaturated/α-hetero) is 1. The number of hydrogen-bond acceptors (Lipinski definition) is 3. The van der Waals surface area contributed by atoms with E-state index < -0.39 is 0 Å². The van der Waals surface area contributed by atoms with Crippen LogP contribution < -0.4 is 0 Å². The summed E-state index contributed by atoms with van der Waals surface area (Å²) in [6.45, 7) is 2.13. The lowest BCUT2D eigenvalue weighted by Gasteiger charge is -2.19. The van der Waals surface area contributed by atoms with Crippen LogP contribution in [-0.2, 0) is 4.79 Å². The van der Waals surface area contributed by atoms with E-state index in [0.717, 1.165) is 30.8 Å². The second-order valence-corrected chi connectivity index (χ2v) is 5.46. The number of carbonyl (C=O) groups excluding carboxylic acids is 1. The Morgan fingerprint density at radius 2 is 2.33 bits per heavy atom. The van der Waals surface area contributed by atoms with Crippen molar-refractivity contribution in [3.8, 4) is 0 Å². The molecular formula is C9H16OS2. The van der Waals surface area contributed by atoms with Crippen LogP contribution in [0.2, 0.25) is 0 Å². The molecule has 0 aromatic rings. The van der Waals surface area contributed by atoms with Gasteiger partial charge in [-0.05, 0) is 6.42 Å². The van der Waals surface area contributed by atoms with Crippen molar-refractivity contribution < 1.29 is 4.79 Å². The number of thioether (sulfide) groups is 2. The monoisotopic (exact) mass is 204 g/mol. The van der Waals surface area contributed by atoms with Crippen molar-refractivity contribution in [1.29, 1.82) is 0 Å². The fourth-order valence-electron chi connectivity index (χ4n) is 1.19. The van der Waals surface area contributed by atoms with E-state index in [2.05, 4.69) is 6.92 Å². The molecule has 0 bridgehead atoms. The van der Waals surface area contributed by atoms with E-state index in [1.807, 2.05) is 23.5 Å². The third kappa shape index (κ3) is 3.40. The Labute approximate surface area is 83.1 Å². The second kappa shape index (κ2) is 5.92. The molecule has 1 unspecified atom stereocenters. The van der Waals surface area contributed by atoms with Crippen LogP contribution in [0.15, 0.2) is 0 Å². The Morgan fingerprint density at radius 1 is 1.50 bits per heavy atom. The van der Waals surface area contributed by atoms with Crippen LogP contribution in [-0.4, -0.2) is 28.3 Å². The molecule has 1 rings (SSSR count). The molecule has 0 aromatic heterocycles. The van der Waals surface area contributed by atoms with Gasteiger partial charge in [0.05, 0.1) is 5.25 Å². The normalized spacial score (nSPS) is 23.9. The van der Waals surface area contributed by atoms with E-state index in [1.165, 1.54) is 5.75 Å². The maximum absolute atomic E-state index is 11.5. The molecule has 0 radical (unpaired) electrons. The summed E-state index contributed by atoms with van der Waals surface area (Å²) in [5, 5.41) is 0.315. The van der Waals surface area contributed by atoms with Gasteiger partial charge in [-0.1, -0.05) is 13.3 Å². The highest BCUT2D eigenvalue weighted by Gasteiger charge is 2.20. The maximum Gasteiger partial charge on any atom is 0.146 e. The van der Waals surface area contributed by atoms with Gasteiger partial charge in [-0.15, -0.1) is 11.8 Å². The van der Waals surface area contributed by atoms with E-state index in [4.69, 9.17) is 0 Å². The number of rotatable bonds is 4. The summed E-state index contributed by atoms with van der Waals surface area (Å²) in [7, 11) is 0. The fourth-order valence-corrected chi connectivity index (χ4v) is 3.87. The minimum Gasteiger partial charge on any atom is -0.298 e. The van der Waals surface area contributed by atoms with E-state index in [0.29, 0.717) is 11.0 Å². The SMILES string of the molecule is CCCCC(=O)C1CSCCS1. The van der Waals surface area contributed by atoms with Crippen LogP contribution in [0.3, 0.4) is 0 Å². The highest BCUT2D eigenvalue weighted by Crippen LogP contribution is 2.25. The largest absolute Gasteiger partial charge is 0.298 e. The Balaban J connectivity index is 2.20. The van der Waals surface area contributed by atoms with Crippen molar-refractivity contribution in [3.05, 3.63) is 0 Å². The zero-order chi connectivity index (χ0) is 8.81. The Morgan fingerprint density at radius 3 is 2.92 bits per heavy atom. The molecule has 0 aromatic carbocycles. The molecule has 12 heavy (non-hydrogen) atoms. The van der Waals surface area contributed by atoms with Gasteiger partial charge in [0.1, 0.15) is 5.78 Å². The molecule has 0 amide bonds. The van der Waals surface area contributed by atoms with Crippen LogP contribution in [0, 0.1) is 0 Å². The lowest BCUT2D eigenvalue weighted by Crippen LogP contribution is -2.23. The third-order valence-corrected chi connectivity index (χ3v) is 4.75. The molecule has 3 heteroatoms. The standard InChI is InChI=1S/C9H16OS2/c1-2-3-4-8(10)9-7-11-5-6-12-9/h9H,2-7H2,1H3. The quantitative estimate of drug-likeness (QED) is 0.700. The summed E-state index contributed by atoms with van der Waals surface area (Å²) < 4.78 is 0. The predicted molar refractivity (Wildman–Crippen MR) is 58.1 cm³/mol. The second-order valence-electron chi connectivity index (χ2n) is 3.00. The smallest absolute Gasteiger partial charge is 0.146 e. The van der Waals surface area contributed by atoms with Gasteiger partial charge in [0, 0.05) is 23.7 Å². The van der Waals surface area contributed by atoms with Crippen LogP contribution in [0.5, 0.6) is 0 Å². The molecule has 1 nitrogen and oxygen atoms in total. The molecule has 0 aliphatic carbocycles. The van der Waals surface area contributed by atoms with Gasteiger partial charge < -0.3 is 0 Å². The summed E-state index contributed by atoms with van der Waals surface area (Å²) >= 11 is 3.77. The molecule has 1 atom stereocenters. The van der Waals surface area contributed by atoms with E-state index in [9.17, 15) is 4.79 Å². The molecular weight excluding hydrogens is 188 g/mol. The fraction of sp³-hybridized carbons (Fsp3) is 0.889. The van der Waals surface area contributed by atoms with Crippen molar-refractivity contribution in [1.82, 2.24) is 0 Å². The Bertz CT molecular complexity index is 141. The summed E-state index contributed by atoms with van der Waals surface area (Å²) in [4.78, 5) is 11.5. The molecule has 1 aliphatic heterocycles. The zero-order valence-corrected chi connectivity index (χ0v) is 9.18. The van der Waals surface area contributed by atoms with Gasteiger partial charge >= 0.3 is 0 Å². The highest BCUT2D eigenvalue weighted by molar-refractivity contribution is 8.07. The first-order valence-electron chi connectivity index (χ1n) is 4.56. The molecule has 70 valence electrons.